The van der Waals surface area contributed by atoms with Crippen LogP contribution in [0.4, 0.5) is 13.2 Å². The van der Waals surface area contributed by atoms with E-state index in [-0.39, 0.29) is 12.3 Å². The molecule has 0 saturated carbocycles. The van der Waals surface area contributed by atoms with Crippen molar-refractivity contribution in [2.45, 2.75) is 25.9 Å². The standard InChI is InChI=1S/C15H18F3NO4/c1-2-4-10(14(21)22)8-19-13(20)9-23-12-6-3-5-11(7-12)15(16,17)18/h3,5-7,10H,2,4,8-9H2,1H3,(H,19,20)(H,21,22). The number of carboxylic acids is 1. The maximum Gasteiger partial charge on any atom is 0.416 e. The zero-order chi connectivity index (χ0) is 17.5. The van der Waals surface area contributed by atoms with E-state index in [2.05, 4.69) is 5.32 Å². The first-order valence-corrected chi connectivity index (χ1v) is 7.03. The summed E-state index contributed by atoms with van der Waals surface area (Å²) in [6.45, 7) is 1.29. The summed E-state index contributed by atoms with van der Waals surface area (Å²) in [5, 5.41) is 11.3. The smallest absolute Gasteiger partial charge is 0.416 e. The van der Waals surface area contributed by atoms with Gasteiger partial charge in [-0.15, -0.1) is 0 Å². The van der Waals surface area contributed by atoms with Crippen LogP contribution in [0.25, 0.3) is 0 Å². The highest BCUT2D eigenvalue weighted by molar-refractivity contribution is 5.78. The van der Waals surface area contributed by atoms with Gasteiger partial charge in [-0.1, -0.05) is 19.4 Å². The Hall–Kier alpha value is -2.25. The van der Waals surface area contributed by atoms with Gasteiger partial charge in [0.05, 0.1) is 11.5 Å². The number of carbonyl (C=O) groups excluding carboxylic acids is 1. The van der Waals surface area contributed by atoms with Crippen LogP contribution >= 0.6 is 0 Å². The minimum atomic E-state index is -4.49. The number of nitrogens with one attached hydrogen (secondary N) is 1. The molecule has 0 bridgehead atoms. The topological polar surface area (TPSA) is 75.6 Å². The Morgan fingerprint density at radius 2 is 2.04 bits per heavy atom. The largest absolute Gasteiger partial charge is 0.484 e. The predicted octanol–water partition coefficient (Wildman–Crippen LogP) is 2.70. The average Bonchev–Trinajstić information content (AvgIpc) is 2.48. The van der Waals surface area contributed by atoms with Crippen LogP contribution in [-0.4, -0.2) is 30.1 Å². The third-order valence-corrected chi connectivity index (χ3v) is 3.06. The van der Waals surface area contributed by atoms with Crippen LogP contribution < -0.4 is 10.1 Å². The summed E-state index contributed by atoms with van der Waals surface area (Å²) in [5.74, 6) is -2.38. The molecule has 1 aromatic rings. The molecule has 0 fully saturated rings. The second kappa shape index (κ2) is 8.40. The fourth-order valence-electron chi connectivity index (χ4n) is 1.86. The van der Waals surface area contributed by atoms with E-state index in [1.165, 1.54) is 12.1 Å². The highest BCUT2D eigenvalue weighted by Crippen LogP contribution is 2.31. The number of hydrogen-bond acceptors (Lipinski definition) is 3. The van der Waals surface area contributed by atoms with Crippen LogP contribution in [0.3, 0.4) is 0 Å². The van der Waals surface area contributed by atoms with Gasteiger partial charge in [-0.25, -0.2) is 0 Å². The van der Waals surface area contributed by atoms with Crippen LogP contribution in [0.2, 0.25) is 0 Å². The maximum absolute atomic E-state index is 12.5. The molecule has 0 heterocycles. The first-order chi connectivity index (χ1) is 10.7. The van der Waals surface area contributed by atoms with Crippen molar-refractivity contribution in [1.29, 1.82) is 0 Å². The fraction of sp³-hybridized carbons (Fsp3) is 0.467. The van der Waals surface area contributed by atoms with E-state index in [4.69, 9.17) is 9.84 Å². The normalized spacial score (nSPS) is 12.5. The van der Waals surface area contributed by atoms with Crippen LogP contribution in [-0.2, 0) is 15.8 Å². The molecule has 23 heavy (non-hydrogen) atoms. The number of carbonyl (C=O) groups is 2. The molecule has 128 valence electrons. The molecule has 1 rings (SSSR count). The van der Waals surface area contributed by atoms with E-state index in [0.717, 1.165) is 12.1 Å². The predicted molar refractivity (Wildman–Crippen MR) is 76.0 cm³/mol. The average molecular weight is 333 g/mol. The number of rotatable bonds is 8. The van der Waals surface area contributed by atoms with Crippen molar-refractivity contribution in [3.8, 4) is 5.75 Å². The second-order valence-corrected chi connectivity index (χ2v) is 4.94. The van der Waals surface area contributed by atoms with E-state index in [9.17, 15) is 22.8 Å². The van der Waals surface area contributed by atoms with Gasteiger partial charge >= 0.3 is 12.1 Å². The number of hydrogen-bond donors (Lipinski definition) is 2. The van der Waals surface area contributed by atoms with E-state index < -0.39 is 36.1 Å². The summed E-state index contributed by atoms with van der Waals surface area (Å²) < 4.78 is 42.6. The number of amides is 1. The molecule has 0 spiro atoms. The Labute approximate surface area is 131 Å². The lowest BCUT2D eigenvalue weighted by molar-refractivity contribution is -0.142. The monoisotopic (exact) mass is 333 g/mol. The Balaban J connectivity index is 2.49. The van der Waals surface area contributed by atoms with Crippen molar-refractivity contribution in [1.82, 2.24) is 5.32 Å². The van der Waals surface area contributed by atoms with Crippen LogP contribution in [0.15, 0.2) is 24.3 Å². The van der Waals surface area contributed by atoms with Gasteiger partial charge in [-0.05, 0) is 24.6 Å². The van der Waals surface area contributed by atoms with Gasteiger partial charge in [0, 0.05) is 6.54 Å². The molecule has 2 N–H and O–H groups in total. The van der Waals surface area contributed by atoms with Crippen molar-refractivity contribution in [2.24, 2.45) is 5.92 Å². The zero-order valence-corrected chi connectivity index (χ0v) is 12.5. The van der Waals surface area contributed by atoms with E-state index in [1.54, 1.807) is 0 Å². The molecule has 0 aliphatic heterocycles. The van der Waals surface area contributed by atoms with Gasteiger partial charge in [-0.2, -0.15) is 13.2 Å². The number of aliphatic carboxylic acids is 1. The molecule has 0 aromatic heterocycles. The van der Waals surface area contributed by atoms with Crippen LogP contribution in [0.5, 0.6) is 5.75 Å². The lowest BCUT2D eigenvalue weighted by Gasteiger charge is -2.13. The van der Waals surface area contributed by atoms with Gasteiger partial charge in [0.2, 0.25) is 0 Å². The molecule has 1 aromatic carbocycles. The molecule has 0 saturated heterocycles. The fourth-order valence-corrected chi connectivity index (χ4v) is 1.86. The first kappa shape index (κ1) is 18.8. The highest BCUT2D eigenvalue weighted by atomic mass is 19.4. The minimum Gasteiger partial charge on any atom is -0.484 e. The number of ether oxygens (including phenoxy) is 1. The lowest BCUT2D eigenvalue weighted by atomic mass is 10.0. The molecule has 8 heteroatoms. The van der Waals surface area contributed by atoms with Crippen molar-refractivity contribution < 1.29 is 32.6 Å². The molecular weight excluding hydrogens is 315 g/mol. The molecular formula is C15H18F3NO4. The third kappa shape index (κ3) is 6.58. The number of halogens is 3. The van der Waals surface area contributed by atoms with Gasteiger partial charge in [0.15, 0.2) is 6.61 Å². The summed E-state index contributed by atoms with van der Waals surface area (Å²) in [4.78, 5) is 22.5. The van der Waals surface area contributed by atoms with Gasteiger partial charge in [-0.3, -0.25) is 9.59 Å². The Morgan fingerprint density at radius 3 is 2.61 bits per heavy atom. The third-order valence-electron chi connectivity index (χ3n) is 3.06. The van der Waals surface area contributed by atoms with Gasteiger partial charge < -0.3 is 15.2 Å². The SMILES string of the molecule is CCCC(CNC(=O)COc1cccc(C(F)(F)F)c1)C(=O)O. The lowest BCUT2D eigenvalue weighted by Crippen LogP contribution is -2.35. The minimum absolute atomic E-state index is 0.0477. The molecule has 1 atom stereocenters. The van der Waals surface area contributed by atoms with E-state index >= 15 is 0 Å². The first-order valence-electron chi connectivity index (χ1n) is 7.03. The Kier molecular flexibility index (Phi) is 6.87. The van der Waals surface area contributed by atoms with Gasteiger partial charge in [0.25, 0.3) is 5.91 Å². The maximum atomic E-state index is 12.5. The van der Waals surface area contributed by atoms with Crippen molar-refractivity contribution in [2.75, 3.05) is 13.2 Å². The molecule has 0 radical (unpaired) electrons. The number of carboxylic acid groups (broad SMARTS) is 1. The molecule has 1 amide bonds. The molecule has 0 aliphatic rings. The summed E-state index contributed by atoms with van der Waals surface area (Å²) >= 11 is 0. The van der Waals surface area contributed by atoms with Crippen molar-refractivity contribution >= 4 is 11.9 Å². The van der Waals surface area contributed by atoms with E-state index in [0.29, 0.717) is 12.8 Å². The Bertz CT molecular complexity index is 546. The zero-order valence-electron chi connectivity index (χ0n) is 12.5. The summed E-state index contributed by atoms with van der Waals surface area (Å²) in [5.41, 5.74) is -0.871. The quantitative estimate of drug-likeness (QED) is 0.767. The van der Waals surface area contributed by atoms with Gasteiger partial charge in [0.1, 0.15) is 5.75 Å². The second-order valence-electron chi connectivity index (χ2n) is 4.94. The number of alkyl halides is 3. The number of benzene rings is 1. The van der Waals surface area contributed by atoms with Crippen molar-refractivity contribution in [3.05, 3.63) is 29.8 Å². The van der Waals surface area contributed by atoms with Crippen LogP contribution in [0, 0.1) is 5.92 Å². The molecule has 0 aliphatic carbocycles. The summed E-state index contributed by atoms with van der Waals surface area (Å²) in [6, 6.07) is 4.18. The summed E-state index contributed by atoms with van der Waals surface area (Å²) in [6.07, 6.45) is -3.41. The van der Waals surface area contributed by atoms with E-state index in [1.807, 2.05) is 6.92 Å². The molecule has 5 nitrogen and oxygen atoms in total. The Morgan fingerprint density at radius 1 is 1.35 bits per heavy atom. The summed E-state index contributed by atoms with van der Waals surface area (Å²) in [7, 11) is 0. The highest BCUT2D eigenvalue weighted by Gasteiger charge is 2.30. The molecule has 1 unspecified atom stereocenters. The van der Waals surface area contributed by atoms with Crippen molar-refractivity contribution in [3.63, 3.8) is 0 Å². The van der Waals surface area contributed by atoms with Crippen LogP contribution in [0.1, 0.15) is 25.3 Å².